The zero-order valence-electron chi connectivity index (χ0n) is 13.5. The fourth-order valence-corrected chi connectivity index (χ4v) is 3.03. The van der Waals surface area contributed by atoms with Crippen molar-refractivity contribution >= 4 is 23.5 Å². The van der Waals surface area contributed by atoms with Crippen LogP contribution in [0.4, 0.5) is 4.79 Å². The Balaban J connectivity index is 1.74. The molecule has 1 aromatic carbocycles. The minimum absolute atomic E-state index is 0.177. The smallest absolute Gasteiger partial charge is 0.315 e. The summed E-state index contributed by atoms with van der Waals surface area (Å²) in [7, 11) is 0. The third kappa shape index (κ3) is 5.43. The van der Waals surface area contributed by atoms with E-state index in [0.29, 0.717) is 24.5 Å². The lowest BCUT2D eigenvalue weighted by Crippen LogP contribution is -2.42. The van der Waals surface area contributed by atoms with Crippen LogP contribution in [0.15, 0.2) is 24.3 Å². The maximum atomic E-state index is 12.0. The molecule has 0 spiro atoms. The third-order valence-electron chi connectivity index (χ3n) is 4.06. The summed E-state index contributed by atoms with van der Waals surface area (Å²) < 4.78 is 0. The van der Waals surface area contributed by atoms with Gasteiger partial charge in [-0.1, -0.05) is 36.2 Å². The summed E-state index contributed by atoms with van der Waals surface area (Å²) in [6.07, 6.45) is 3.74. The normalized spacial score (nSPS) is 16.6. The van der Waals surface area contributed by atoms with Gasteiger partial charge >= 0.3 is 6.03 Å². The zero-order valence-corrected chi connectivity index (χ0v) is 14.2. The van der Waals surface area contributed by atoms with E-state index in [0.717, 1.165) is 31.4 Å². The van der Waals surface area contributed by atoms with Crippen molar-refractivity contribution < 1.29 is 9.59 Å². The van der Waals surface area contributed by atoms with E-state index in [1.54, 1.807) is 6.07 Å². The van der Waals surface area contributed by atoms with Crippen LogP contribution in [0, 0.1) is 0 Å². The molecule has 0 unspecified atom stereocenters. The fraction of sp³-hybridized carbons (Fsp3) is 0.529. The van der Waals surface area contributed by atoms with Crippen molar-refractivity contribution in [2.75, 3.05) is 19.6 Å². The molecule has 126 valence electrons. The quantitative estimate of drug-likeness (QED) is 0.867. The van der Waals surface area contributed by atoms with Gasteiger partial charge in [-0.25, -0.2) is 4.79 Å². The molecule has 1 fully saturated rings. The van der Waals surface area contributed by atoms with Crippen LogP contribution >= 0.6 is 11.6 Å². The van der Waals surface area contributed by atoms with Crippen molar-refractivity contribution in [1.82, 2.24) is 15.5 Å². The maximum Gasteiger partial charge on any atom is 0.315 e. The number of halogens is 1. The second kappa shape index (κ2) is 8.77. The van der Waals surface area contributed by atoms with E-state index < -0.39 is 0 Å². The van der Waals surface area contributed by atoms with Crippen LogP contribution in [-0.4, -0.2) is 36.5 Å². The molecule has 6 heteroatoms. The third-order valence-corrected chi connectivity index (χ3v) is 4.40. The van der Waals surface area contributed by atoms with Crippen LogP contribution in [0.3, 0.4) is 0 Å². The Morgan fingerprint density at radius 3 is 2.87 bits per heavy atom. The number of carbonyl (C=O) groups is 2. The van der Waals surface area contributed by atoms with Crippen LogP contribution in [0.25, 0.3) is 0 Å². The number of benzene rings is 1. The molecule has 2 N–H and O–H groups in total. The lowest BCUT2D eigenvalue weighted by Gasteiger charge is -2.21. The van der Waals surface area contributed by atoms with E-state index in [4.69, 9.17) is 11.6 Å². The molecule has 1 aliphatic rings. The SMILES string of the molecule is C[C@@H](NC(=O)NCCN1CCCCCC1=O)c1ccccc1Cl. The van der Waals surface area contributed by atoms with E-state index in [-0.39, 0.29) is 18.0 Å². The Bertz CT molecular complexity index is 550. The number of rotatable bonds is 5. The van der Waals surface area contributed by atoms with Crippen molar-refractivity contribution in [3.63, 3.8) is 0 Å². The summed E-state index contributed by atoms with van der Waals surface area (Å²) in [5, 5.41) is 6.30. The van der Waals surface area contributed by atoms with Crippen molar-refractivity contribution in [3.05, 3.63) is 34.9 Å². The van der Waals surface area contributed by atoms with Gasteiger partial charge in [-0.15, -0.1) is 0 Å². The van der Waals surface area contributed by atoms with E-state index in [1.807, 2.05) is 30.0 Å². The monoisotopic (exact) mass is 337 g/mol. The lowest BCUT2D eigenvalue weighted by molar-refractivity contribution is -0.130. The van der Waals surface area contributed by atoms with Gasteiger partial charge in [0.2, 0.25) is 5.91 Å². The average molecular weight is 338 g/mol. The number of hydrogen-bond donors (Lipinski definition) is 2. The maximum absolute atomic E-state index is 12.0. The number of likely N-dealkylation sites (tertiary alicyclic amines) is 1. The molecule has 23 heavy (non-hydrogen) atoms. The highest BCUT2D eigenvalue weighted by molar-refractivity contribution is 6.31. The topological polar surface area (TPSA) is 61.4 Å². The first-order valence-electron chi connectivity index (χ1n) is 8.14. The molecule has 1 atom stereocenters. The van der Waals surface area contributed by atoms with Crippen LogP contribution in [0.1, 0.15) is 44.2 Å². The highest BCUT2D eigenvalue weighted by atomic mass is 35.5. The summed E-state index contributed by atoms with van der Waals surface area (Å²) in [6.45, 7) is 3.69. The summed E-state index contributed by atoms with van der Waals surface area (Å²) in [5.74, 6) is 0.189. The molecule has 0 aliphatic carbocycles. The summed E-state index contributed by atoms with van der Waals surface area (Å²) in [4.78, 5) is 25.7. The number of nitrogens with one attached hydrogen (secondary N) is 2. The predicted octanol–water partition coefficient (Wildman–Crippen LogP) is 3.10. The highest BCUT2D eigenvalue weighted by Crippen LogP contribution is 2.21. The van der Waals surface area contributed by atoms with E-state index in [2.05, 4.69) is 10.6 Å². The molecule has 1 aliphatic heterocycles. The highest BCUT2D eigenvalue weighted by Gasteiger charge is 2.16. The van der Waals surface area contributed by atoms with Crippen LogP contribution in [0.2, 0.25) is 5.02 Å². The van der Waals surface area contributed by atoms with E-state index in [9.17, 15) is 9.59 Å². The molecule has 3 amide bonds. The number of hydrogen-bond acceptors (Lipinski definition) is 2. The molecule has 1 heterocycles. The molecular formula is C17H24ClN3O2. The standard InChI is InChI=1S/C17H24ClN3O2/c1-13(14-7-4-5-8-15(14)18)20-17(23)19-10-12-21-11-6-2-3-9-16(21)22/h4-5,7-8,13H,2-3,6,9-12H2,1H3,(H2,19,20,23)/t13-/m1/s1. The number of carbonyl (C=O) groups excluding carboxylic acids is 2. The number of amides is 3. The second-order valence-corrected chi connectivity index (χ2v) is 6.24. The van der Waals surface area contributed by atoms with Gasteiger partial charge in [0.05, 0.1) is 6.04 Å². The molecule has 0 saturated carbocycles. The summed E-state index contributed by atoms with van der Waals surface area (Å²) in [5.41, 5.74) is 0.881. The Morgan fingerprint density at radius 2 is 2.09 bits per heavy atom. The van der Waals surface area contributed by atoms with Crippen LogP contribution in [0.5, 0.6) is 0 Å². The van der Waals surface area contributed by atoms with Gasteiger partial charge in [-0.3, -0.25) is 4.79 Å². The molecular weight excluding hydrogens is 314 g/mol. The number of nitrogens with zero attached hydrogens (tertiary/aromatic N) is 1. The van der Waals surface area contributed by atoms with Gasteiger partial charge < -0.3 is 15.5 Å². The Kier molecular flexibility index (Phi) is 6.71. The second-order valence-electron chi connectivity index (χ2n) is 5.83. The fourth-order valence-electron chi connectivity index (χ4n) is 2.73. The van der Waals surface area contributed by atoms with Gasteiger partial charge in [0, 0.05) is 31.1 Å². The Morgan fingerprint density at radius 1 is 1.30 bits per heavy atom. The Hall–Kier alpha value is -1.75. The van der Waals surface area contributed by atoms with Crippen molar-refractivity contribution in [2.24, 2.45) is 0 Å². The van der Waals surface area contributed by atoms with Crippen LogP contribution < -0.4 is 10.6 Å². The van der Waals surface area contributed by atoms with Gasteiger partial charge in [0.1, 0.15) is 0 Å². The molecule has 0 aromatic heterocycles. The van der Waals surface area contributed by atoms with Crippen molar-refractivity contribution in [2.45, 2.75) is 38.6 Å². The zero-order chi connectivity index (χ0) is 16.7. The molecule has 1 aromatic rings. The molecule has 1 saturated heterocycles. The average Bonchev–Trinajstić information content (AvgIpc) is 2.72. The first kappa shape index (κ1) is 17.6. The van der Waals surface area contributed by atoms with Gasteiger partial charge in [0.25, 0.3) is 0 Å². The number of urea groups is 1. The van der Waals surface area contributed by atoms with Crippen LogP contribution in [-0.2, 0) is 4.79 Å². The first-order chi connectivity index (χ1) is 11.1. The summed E-state index contributed by atoms with van der Waals surface area (Å²) in [6, 6.07) is 7.02. The Labute approximate surface area is 142 Å². The van der Waals surface area contributed by atoms with Gasteiger partial charge in [-0.05, 0) is 31.4 Å². The minimum Gasteiger partial charge on any atom is -0.341 e. The predicted molar refractivity (Wildman–Crippen MR) is 91.4 cm³/mol. The molecule has 0 bridgehead atoms. The van der Waals surface area contributed by atoms with Gasteiger partial charge in [-0.2, -0.15) is 0 Å². The minimum atomic E-state index is -0.250. The largest absolute Gasteiger partial charge is 0.341 e. The van der Waals surface area contributed by atoms with Crippen molar-refractivity contribution in [1.29, 1.82) is 0 Å². The molecule has 0 radical (unpaired) electrons. The molecule has 5 nitrogen and oxygen atoms in total. The molecule has 2 rings (SSSR count). The van der Waals surface area contributed by atoms with Gasteiger partial charge in [0.15, 0.2) is 0 Å². The van der Waals surface area contributed by atoms with E-state index in [1.165, 1.54) is 0 Å². The van der Waals surface area contributed by atoms with Crippen molar-refractivity contribution in [3.8, 4) is 0 Å². The lowest BCUT2D eigenvalue weighted by atomic mass is 10.1. The first-order valence-corrected chi connectivity index (χ1v) is 8.52. The van der Waals surface area contributed by atoms with E-state index >= 15 is 0 Å². The summed E-state index contributed by atoms with van der Waals surface area (Å²) >= 11 is 6.12.